The second kappa shape index (κ2) is 6.89. The highest BCUT2D eigenvalue weighted by atomic mass is 16.6. The van der Waals surface area contributed by atoms with Crippen molar-refractivity contribution in [2.75, 3.05) is 13.2 Å². The number of hydrogen-bond donors (Lipinski definition) is 1. The van der Waals surface area contributed by atoms with Gasteiger partial charge >= 0.3 is 6.09 Å². The van der Waals surface area contributed by atoms with Crippen LogP contribution in [0.5, 0.6) is 0 Å². The second-order valence-corrected chi connectivity index (χ2v) is 7.38. The van der Waals surface area contributed by atoms with Gasteiger partial charge < -0.3 is 14.8 Å². The lowest BCUT2D eigenvalue weighted by Crippen LogP contribution is -2.52. The lowest BCUT2D eigenvalue weighted by atomic mass is 10.2. The quantitative estimate of drug-likeness (QED) is 0.926. The molecule has 0 saturated carbocycles. The third-order valence-electron chi connectivity index (χ3n) is 3.72. The molecule has 0 bridgehead atoms. The first-order valence-electron chi connectivity index (χ1n) is 8.10. The van der Waals surface area contributed by atoms with Gasteiger partial charge in [-0.3, -0.25) is 4.90 Å². The molecular weight excluding hydrogens is 292 g/mol. The van der Waals surface area contributed by atoms with Crippen LogP contribution in [-0.4, -0.2) is 41.5 Å². The molecule has 1 heterocycles. The van der Waals surface area contributed by atoms with E-state index in [-0.39, 0.29) is 12.1 Å². The number of benzene rings is 1. The number of amides is 1. The van der Waals surface area contributed by atoms with E-state index in [4.69, 9.17) is 9.47 Å². The van der Waals surface area contributed by atoms with Crippen LogP contribution in [0, 0.1) is 0 Å². The van der Waals surface area contributed by atoms with Crippen LogP contribution in [0.3, 0.4) is 0 Å². The van der Waals surface area contributed by atoms with Crippen molar-refractivity contribution in [3.63, 3.8) is 0 Å². The Bertz CT molecular complexity index is 523. The molecule has 1 N–H and O–H groups in total. The van der Waals surface area contributed by atoms with Gasteiger partial charge in [-0.1, -0.05) is 30.3 Å². The molecule has 0 spiro atoms. The zero-order valence-electron chi connectivity index (χ0n) is 14.8. The molecule has 1 aliphatic heterocycles. The molecule has 5 nitrogen and oxygen atoms in total. The van der Waals surface area contributed by atoms with E-state index >= 15 is 0 Å². The maximum atomic E-state index is 12.5. The highest BCUT2D eigenvalue weighted by Gasteiger charge is 2.45. The first-order valence-corrected chi connectivity index (χ1v) is 8.10. The third kappa shape index (κ3) is 4.94. The van der Waals surface area contributed by atoms with Crippen molar-refractivity contribution in [3.05, 3.63) is 35.9 Å². The molecule has 2 rings (SSSR count). The summed E-state index contributed by atoms with van der Waals surface area (Å²) in [6.45, 7) is 11.3. The summed E-state index contributed by atoms with van der Waals surface area (Å²) in [6.07, 6.45) is -0.327. The predicted molar refractivity (Wildman–Crippen MR) is 90.0 cm³/mol. The minimum atomic E-state index is -0.651. The van der Waals surface area contributed by atoms with Gasteiger partial charge in [0.1, 0.15) is 11.3 Å². The van der Waals surface area contributed by atoms with Crippen molar-refractivity contribution in [1.82, 2.24) is 10.2 Å². The van der Waals surface area contributed by atoms with Crippen LogP contribution in [0.4, 0.5) is 4.79 Å². The molecule has 1 atom stereocenters. The molecular formula is C18H28N2O3. The first-order chi connectivity index (χ1) is 10.7. The van der Waals surface area contributed by atoms with E-state index in [1.54, 1.807) is 4.90 Å². The fourth-order valence-electron chi connectivity index (χ4n) is 2.69. The second-order valence-electron chi connectivity index (χ2n) is 7.38. The van der Waals surface area contributed by atoms with Crippen LogP contribution in [0.15, 0.2) is 30.3 Å². The molecule has 1 aromatic rings. The van der Waals surface area contributed by atoms with Crippen LogP contribution in [0.25, 0.3) is 0 Å². The SMILES string of the molecule is CC(C)(C)OC(=O)N1[C@@H](CNCc2ccccc2)COC1(C)C. The predicted octanol–water partition coefficient (Wildman–Crippen LogP) is 3.15. The Balaban J connectivity index is 1.95. The first kappa shape index (κ1) is 17.8. The van der Waals surface area contributed by atoms with Crippen LogP contribution in [-0.2, 0) is 16.0 Å². The molecule has 1 amide bonds. The van der Waals surface area contributed by atoms with E-state index in [1.807, 2.05) is 52.8 Å². The minimum Gasteiger partial charge on any atom is -0.444 e. The zero-order chi connectivity index (χ0) is 17.1. The Labute approximate surface area is 139 Å². The standard InChI is InChI=1S/C18H28N2O3/c1-17(2,3)23-16(21)20-15(13-22-18(20,4)5)12-19-11-14-9-7-6-8-10-14/h6-10,15,19H,11-13H2,1-5H3/t15-/m0/s1. The van der Waals surface area contributed by atoms with Gasteiger partial charge in [0.25, 0.3) is 0 Å². The van der Waals surface area contributed by atoms with E-state index in [1.165, 1.54) is 5.56 Å². The van der Waals surface area contributed by atoms with Crippen molar-refractivity contribution >= 4 is 6.09 Å². The average molecular weight is 320 g/mol. The maximum Gasteiger partial charge on any atom is 0.412 e. The Kier molecular flexibility index (Phi) is 5.32. The highest BCUT2D eigenvalue weighted by Crippen LogP contribution is 2.29. The molecule has 1 aliphatic rings. The summed E-state index contributed by atoms with van der Waals surface area (Å²) in [5.41, 5.74) is 0.0497. The zero-order valence-corrected chi connectivity index (χ0v) is 14.8. The summed E-state index contributed by atoms with van der Waals surface area (Å²) < 4.78 is 11.3. The topological polar surface area (TPSA) is 50.8 Å². The van der Waals surface area contributed by atoms with Crippen molar-refractivity contribution in [2.45, 2.75) is 58.5 Å². The van der Waals surface area contributed by atoms with Gasteiger partial charge in [0.05, 0.1) is 12.6 Å². The Morgan fingerprint density at radius 2 is 2.00 bits per heavy atom. The van der Waals surface area contributed by atoms with Gasteiger partial charge in [-0.05, 0) is 40.2 Å². The number of ether oxygens (including phenoxy) is 2. The molecule has 1 fully saturated rings. The van der Waals surface area contributed by atoms with Gasteiger partial charge in [0.15, 0.2) is 0 Å². The number of nitrogens with one attached hydrogen (secondary N) is 1. The van der Waals surface area contributed by atoms with E-state index in [9.17, 15) is 4.79 Å². The Morgan fingerprint density at radius 1 is 1.35 bits per heavy atom. The summed E-state index contributed by atoms with van der Waals surface area (Å²) in [4.78, 5) is 14.2. The molecule has 0 radical (unpaired) electrons. The molecule has 1 saturated heterocycles. The van der Waals surface area contributed by atoms with Gasteiger partial charge in [-0.25, -0.2) is 4.79 Å². The number of hydrogen-bond acceptors (Lipinski definition) is 4. The third-order valence-corrected chi connectivity index (χ3v) is 3.72. The molecule has 1 aromatic carbocycles. The number of rotatable bonds is 4. The van der Waals surface area contributed by atoms with E-state index in [0.717, 1.165) is 6.54 Å². The van der Waals surface area contributed by atoms with Crippen molar-refractivity contribution < 1.29 is 14.3 Å². The number of carbonyl (C=O) groups excluding carboxylic acids is 1. The highest BCUT2D eigenvalue weighted by molar-refractivity contribution is 5.69. The lowest BCUT2D eigenvalue weighted by Gasteiger charge is -2.35. The fraction of sp³-hybridized carbons (Fsp3) is 0.611. The number of carbonyl (C=O) groups is 1. The lowest BCUT2D eigenvalue weighted by molar-refractivity contribution is -0.0623. The molecule has 0 aromatic heterocycles. The summed E-state index contributed by atoms with van der Waals surface area (Å²) in [7, 11) is 0. The van der Waals surface area contributed by atoms with Gasteiger partial charge in [0.2, 0.25) is 0 Å². The molecule has 23 heavy (non-hydrogen) atoms. The molecule has 0 aliphatic carbocycles. The van der Waals surface area contributed by atoms with Crippen LogP contribution >= 0.6 is 0 Å². The van der Waals surface area contributed by atoms with Crippen LogP contribution in [0.1, 0.15) is 40.2 Å². The number of nitrogens with zero attached hydrogens (tertiary/aromatic N) is 1. The monoisotopic (exact) mass is 320 g/mol. The summed E-state index contributed by atoms with van der Waals surface area (Å²) in [6, 6.07) is 10.2. The summed E-state index contributed by atoms with van der Waals surface area (Å²) in [5.74, 6) is 0. The minimum absolute atomic E-state index is 0.0384. The van der Waals surface area contributed by atoms with Gasteiger partial charge in [-0.15, -0.1) is 0 Å². The average Bonchev–Trinajstić information content (AvgIpc) is 2.73. The maximum absolute atomic E-state index is 12.5. The Hall–Kier alpha value is -1.59. The Morgan fingerprint density at radius 3 is 2.61 bits per heavy atom. The van der Waals surface area contributed by atoms with Crippen molar-refractivity contribution in [2.24, 2.45) is 0 Å². The molecule has 5 heteroatoms. The fourth-order valence-corrected chi connectivity index (χ4v) is 2.69. The van der Waals surface area contributed by atoms with Gasteiger partial charge in [-0.2, -0.15) is 0 Å². The normalized spacial score (nSPS) is 20.6. The summed E-state index contributed by atoms with van der Waals surface area (Å²) >= 11 is 0. The van der Waals surface area contributed by atoms with Crippen molar-refractivity contribution in [1.29, 1.82) is 0 Å². The van der Waals surface area contributed by atoms with Crippen molar-refractivity contribution in [3.8, 4) is 0 Å². The van der Waals surface area contributed by atoms with E-state index in [0.29, 0.717) is 13.2 Å². The smallest absolute Gasteiger partial charge is 0.412 e. The largest absolute Gasteiger partial charge is 0.444 e. The molecule has 128 valence electrons. The van der Waals surface area contributed by atoms with Gasteiger partial charge in [0, 0.05) is 13.1 Å². The van der Waals surface area contributed by atoms with E-state index < -0.39 is 11.3 Å². The summed E-state index contributed by atoms with van der Waals surface area (Å²) in [5, 5.41) is 3.40. The molecule has 0 unspecified atom stereocenters. The van der Waals surface area contributed by atoms with Crippen LogP contribution < -0.4 is 5.32 Å². The van der Waals surface area contributed by atoms with Crippen LogP contribution in [0.2, 0.25) is 0 Å². The van der Waals surface area contributed by atoms with E-state index in [2.05, 4.69) is 17.4 Å².